The molecule has 2 N–H and O–H groups in total. The number of carbonyl (C=O) groups excluding carboxylic acids is 2. The molecule has 0 spiro atoms. The fraction of sp³-hybridized carbons (Fsp3) is 0.417. The lowest BCUT2D eigenvalue weighted by Gasteiger charge is -2.14. The zero-order valence-corrected chi connectivity index (χ0v) is 17.6. The summed E-state index contributed by atoms with van der Waals surface area (Å²) in [7, 11) is 0. The predicted molar refractivity (Wildman–Crippen MR) is 117 cm³/mol. The maximum atomic E-state index is 12.5. The molecule has 2 aromatic rings. The van der Waals surface area contributed by atoms with Crippen LogP contribution in [0.1, 0.15) is 54.9 Å². The van der Waals surface area contributed by atoms with Crippen LogP contribution < -0.4 is 15.4 Å². The van der Waals surface area contributed by atoms with Crippen LogP contribution in [-0.2, 0) is 9.53 Å². The first-order chi connectivity index (χ1) is 14.6. The monoisotopic (exact) mass is 410 g/mol. The highest BCUT2D eigenvalue weighted by atomic mass is 16.5. The number of carbonyl (C=O) groups is 2. The van der Waals surface area contributed by atoms with Crippen LogP contribution in [0.15, 0.2) is 48.5 Å². The molecule has 6 nitrogen and oxygen atoms in total. The van der Waals surface area contributed by atoms with Gasteiger partial charge in [-0.1, -0.05) is 38.1 Å². The van der Waals surface area contributed by atoms with E-state index in [0.29, 0.717) is 29.5 Å². The van der Waals surface area contributed by atoms with Crippen LogP contribution in [0.5, 0.6) is 5.75 Å². The summed E-state index contributed by atoms with van der Waals surface area (Å²) in [6.07, 6.45) is 3.11. The molecule has 0 aliphatic carbocycles. The summed E-state index contributed by atoms with van der Waals surface area (Å²) in [5, 5.41) is 5.66. The largest absolute Gasteiger partial charge is 0.484 e. The molecule has 2 atom stereocenters. The van der Waals surface area contributed by atoms with Crippen molar-refractivity contribution >= 4 is 17.5 Å². The standard InChI is InChI=1S/C24H30N2O4/c1-3-17(2)18-10-12-19(13-11-18)30-16-23(27)26-22-9-5-4-8-21(22)24(28)25-15-20-7-6-14-29-20/h4-5,8-13,17,20H,3,6-7,14-16H2,1-2H3,(H,25,28)(H,26,27)/t17-,20+/m0/s1. The van der Waals surface area contributed by atoms with E-state index in [1.54, 1.807) is 24.3 Å². The molecule has 30 heavy (non-hydrogen) atoms. The summed E-state index contributed by atoms with van der Waals surface area (Å²) in [5.41, 5.74) is 2.13. The average Bonchev–Trinajstić information content (AvgIpc) is 3.30. The highest BCUT2D eigenvalue weighted by molar-refractivity contribution is 6.04. The van der Waals surface area contributed by atoms with Crippen LogP contribution in [0.4, 0.5) is 5.69 Å². The topological polar surface area (TPSA) is 76.7 Å². The molecule has 1 aliphatic heterocycles. The van der Waals surface area contributed by atoms with Crippen LogP contribution in [0.25, 0.3) is 0 Å². The second-order valence-corrected chi connectivity index (χ2v) is 7.61. The number of hydrogen-bond acceptors (Lipinski definition) is 4. The summed E-state index contributed by atoms with van der Waals surface area (Å²) < 4.78 is 11.1. The third-order valence-electron chi connectivity index (χ3n) is 5.39. The van der Waals surface area contributed by atoms with Crippen molar-refractivity contribution in [2.75, 3.05) is 25.1 Å². The van der Waals surface area contributed by atoms with E-state index < -0.39 is 0 Å². The van der Waals surface area contributed by atoms with Gasteiger partial charge in [0, 0.05) is 13.2 Å². The Balaban J connectivity index is 1.52. The Morgan fingerprint density at radius 1 is 1.17 bits per heavy atom. The maximum absolute atomic E-state index is 12.5. The Bertz CT molecular complexity index is 845. The number of rotatable bonds is 9. The number of para-hydroxylation sites is 1. The van der Waals surface area contributed by atoms with Gasteiger partial charge in [-0.25, -0.2) is 0 Å². The Morgan fingerprint density at radius 2 is 1.93 bits per heavy atom. The van der Waals surface area contributed by atoms with E-state index in [2.05, 4.69) is 24.5 Å². The molecule has 0 radical (unpaired) electrons. The minimum absolute atomic E-state index is 0.0656. The van der Waals surface area contributed by atoms with Gasteiger partial charge in [-0.2, -0.15) is 0 Å². The first-order valence-electron chi connectivity index (χ1n) is 10.6. The molecule has 1 saturated heterocycles. The van der Waals surface area contributed by atoms with E-state index >= 15 is 0 Å². The maximum Gasteiger partial charge on any atom is 0.262 e. The number of nitrogens with one attached hydrogen (secondary N) is 2. The first kappa shape index (κ1) is 21.8. The third kappa shape index (κ3) is 6.07. The minimum Gasteiger partial charge on any atom is -0.484 e. The number of benzene rings is 2. The molecule has 3 rings (SSSR count). The van der Waals surface area contributed by atoms with Crippen molar-refractivity contribution in [2.24, 2.45) is 0 Å². The zero-order valence-electron chi connectivity index (χ0n) is 17.6. The lowest BCUT2D eigenvalue weighted by atomic mass is 9.99. The molecule has 1 aliphatic rings. The highest BCUT2D eigenvalue weighted by Gasteiger charge is 2.18. The van der Waals surface area contributed by atoms with Gasteiger partial charge in [-0.05, 0) is 55.0 Å². The van der Waals surface area contributed by atoms with E-state index in [9.17, 15) is 9.59 Å². The molecule has 6 heteroatoms. The van der Waals surface area contributed by atoms with Crippen LogP contribution in [0.2, 0.25) is 0 Å². The summed E-state index contributed by atoms with van der Waals surface area (Å²) in [6.45, 7) is 5.41. The first-order valence-corrected chi connectivity index (χ1v) is 10.6. The minimum atomic E-state index is -0.319. The van der Waals surface area contributed by atoms with Crippen LogP contribution in [0, 0.1) is 0 Å². The molecule has 0 aromatic heterocycles. The fourth-order valence-electron chi connectivity index (χ4n) is 3.36. The van der Waals surface area contributed by atoms with Crippen LogP contribution in [-0.4, -0.2) is 37.7 Å². The fourth-order valence-corrected chi connectivity index (χ4v) is 3.36. The van der Waals surface area contributed by atoms with E-state index in [1.165, 1.54) is 5.56 Å². The van der Waals surface area contributed by atoms with Gasteiger partial charge >= 0.3 is 0 Å². The van der Waals surface area contributed by atoms with Crippen molar-refractivity contribution in [3.8, 4) is 5.75 Å². The predicted octanol–water partition coefficient (Wildman–Crippen LogP) is 4.13. The normalized spacial score (nSPS) is 16.7. The summed E-state index contributed by atoms with van der Waals surface area (Å²) in [4.78, 5) is 24.9. The van der Waals surface area contributed by atoms with E-state index in [0.717, 1.165) is 25.9 Å². The molecular formula is C24H30N2O4. The number of hydrogen-bond donors (Lipinski definition) is 2. The molecule has 0 bridgehead atoms. The van der Waals surface area contributed by atoms with Crippen molar-refractivity contribution in [3.63, 3.8) is 0 Å². The van der Waals surface area contributed by atoms with Crippen molar-refractivity contribution < 1.29 is 19.1 Å². The Hall–Kier alpha value is -2.86. The van der Waals surface area contributed by atoms with Crippen molar-refractivity contribution in [2.45, 2.75) is 45.1 Å². The zero-order chi connectivity index (χ0) is 21.3. The van der Waals surface area contributed by atoms with Crippen molar-refractivity contribution in [1.29, 1.82) is 0 Å². The lowest BCUT2D eigenvalue weighted by Crippen LogP contribution is -2.32. The summed E-state index contributed by atoms with van der Waals surface area (Å²) >= 11 is 0. The van der Waals surface area contributed by atoms with Crippen molar-refractivity contribution in [3.05, 3.63) is 59.7 Å². The molecule has 1 heterocycles. The lowest BCUT2D eigenvalue weighted by molar-refractivity contribution is -0.118. The molecule has 160 valence electrons. The molecule has 1 fully saturated rings. The van der Waals surface area contributed by atoms with Gasteiger partial charge in [0.15, 0.2) is 6.61 Å². The smallest absolute Gasteiger partial charge is 0.262 e. The van der Waals surface area contributed by atoms with Gasteiger partial charge in [-0.3, -0.25) is 9.59 Å². The van der Waals surface area contributed by atoms with Gasteiger partial charge in [-0.15, -0.1) is 0 Å². The van der Waals surface area contributed by atoms with Gasteiger partial charge in [0.05, 0.1) is 17.4 Å². The molecule has 0 unspecified atom stereocenters. The Labute approximate surface area is 178 Å². The molecule has 0 saturated carbocycles. The van der Waals surface area contributed by atoms with E-state index in [4.69, 9.17) is 9.47 Å². The second-order valence-electron chi connectivity index (χ2n) is 7.61. The molecule has 2 amide bonds. The quantitative estimate of drug-likeness (QED) is 0.652. The van der Waals surface area contributed by atoms with Gasteiger partial charge in [0.2, 0.25) is 0 Å². The average molecular weight is 411 g/mol. The van der Waals surface area contributed by atoms with Gasteiger partial charge < -0.3 is 20.1 Å². The highest BCUT2D eigenvalue weighted by Crippen LogP contribution is 2.21. The van der Waals surface area contributed by atoms with E-state index in [-0.39, 0.29) is 24.5 Å². The third-order valence-corrected chi connectivity index (χ3v) is 5.39. The van der Waals surface area contributed by atoms with Gasteiger partial charge in [0.1, 0.15) is 5.75 Å². The summed E-state index contributed by atoms with van der Waals surface area (Å²) in [5.74, 6) is 0.577. The van der Waals surface area contributed by atoms with E-state index in [1.807, 2.05) is 24.3 Å². The summed E-state index contributed by atoms with van der Waals surface area (Å²) in [6, 6.07) is 14.7. The molecular weight excluding hydrogens is 380 g/mol. The van der Waals surface area contributed by atoms with Crippen LogP contribution >= 0.6 is 0 Å². The molecule has 2 aromatic carbocycles. The van der Waals surface area contributed by atoms with Crippen molar-refractivity contribution in [1.82, 2.24) is 5.32 Å². The Morgan fingerprint density at radius 3 is 2.63 bits per heavy atom. The van der Waals surface area contributed by atoms with Crippen LogP contribution in [0.3, 0.4) is 0 Å². The van der Waals surface area contributed by atoms with Gasteiger partial charge in [0.25, 0.3) is 11.8 Å². The second kappa shape index (κ2) is 10.8. The number of amides is 2. The Kier molecular flexibility index (Phi) is 7.85. The SMILES string of the molecule is CC[C@H](C)c1ccc(OCC(=O)Nc2ccccc2C(=O)NC[C@H]2CCCO2)cc1. The number of anilines is 1. The number of ether oxygens (including phenoxy) is 2.